The van der Waals surface area contributed by atoms with Crippen LogP contribution in [0.2, 0.25) is 0 Å². The zero-order chi connectivity index (χ0) is 19.4. The number of aliphatic hydroxyl groups excluding tert-OH is 1. The summed E-state index contributed by atoms with van der Waals surface area (Å²) < 4.78 is 1.70. The molecule has 3 aliphatic rings. The second kappa shape index (κ2) is 6.55. The Labute approximate surface area is 164 Å². The van der Waals surface area contributed by atoms with Crippen LogP contribution in [0.5, 0.6) is 0 Å². The molecule has 0 spiro atoms. The van der Waals surface area contributed by atoms with Crippen LogP contribution in [0.15, 0.2) is 12.4 Å². The molecule has 2 saturated heterocycles. The van der Waals surface area contributed by atoms with E-state index in [2.05, 4.69) is 15.0 Å². The molecule has 3 atom stereocenters. The molecule has 0 aromatic carbocycles. The van der Waals surface area contributed by atoms with Gasteiger partial charge in [0.05, 0.1) is 29.1 Å². The molecule has 148 valence electrons. The van der Waals surface area contributed by atoms with Gasteiger partial charge in [-0.05, 0) is 32.6 Å². The lowest BCUT2D eigenvalue weighted by atomic mass is 9.98. The zero-order valence-electron chi connectivity index (χ0n) is 16.4. The second-order valence-corrected chi connectivity index (χ2v) is 8.28. The molecule has 0 aliphatic carbocycles. The van der Waals surface area contributed by atoms with Crippen molar-refractivity contribution >= 4 is 11.9 Å². The van der Waals surface area contributed by atoms with Crippen molar-refractivity contribution in [2.24, 2.45) is 7.05 Å². The number of aliphatic hydroxyl groups is 1. The van der Waals surface area contributed by atoms with E-state index in [4.69, 9.17) is 4.98 Å². The van der Waals surface area contributed by atoms with Gasteiger partial charge in [0.2, 0.25) is 5.95 Å². The minimum Gasteiger partial charge on any atom is -0.391 e. The number of rotatable bonds is 2. The van der Waals surface area contributed by atoms with Crippen LogP contribution in [0.1, 0.15) is 59.0 Å². The van der Waals surface area contributed by atoms with Crippen LogP contribution >= 0.6 is 0 Å². The van der Waals surface area contributed by atoms with E-state index in [1.165, 1.54) is 0 Å². The van der Waals surface area contributed by atoms with Crippen molar-refractivity contribution in [3.8, 4) is 0 Å². The van der Waals surface area contributed by atoms with E-state index in [-0.39, 0.29) is 24.1 Å². The Bertz CT molecular complexity index is 925. The van der Waals surface area contributed by atoms with Crippen molar-refractivity contribution < 1.29 is 9.90 Å². The molecule has 5 heterocycles. The van der Waals surface area contributed by atoms with Crippen LogP contribution in [0, 0.1) is 6.92 Å². The fourth-order valence-electron chi connectivity index (χ4n) is 5.01. The highest BCUT2D eigenvalue weighted by atomic mass is 16.3. The minimum atomic E-state index is -0.305. The molecule has 8 nitrogen and oxygen atoms in total. The monoisotopic (exact) mass is 382 g/mol. The number of nitrogens with zero attached hydrogens (tertiary/aromatic N) is 6. The number of β-amino-alcohol motifs (C(OH)–C–C–N with tert-alkyl or cyclic N) is 1. The second-order valence-electron chi connectivity index (χ2n) is 8.28. The van der Waals surface area contributed by atoms with Gasteiger partial charge in [0, 0.05) is 50.6 Å². The number of amides is 1. The van der Waals surface area contributed by atoms with Gasteiger partial charge in [-0.2, -0.15) is 5.10 Å². The summed E-state index contributed by atoms with van der Waals surface area (Å²) in [5.41, 5.74) is 3.59. The summed E-state index contributed by atoms with van der Waals surface area (Å²) in [4.78, 5) is 26.8. The Morgan fingerprint density at radius 1 is 1.29 bits per heavy atom. The van der Waals surface area contributed by atoms with E-state index in [9.17, 15) is 9.90 Å². The molecule has 2 aromatic rings. The lowest BCUT2D eigenvalue weighted by Crippen LogP contribution is -2.43. The summed E-state index contributed by atoms with van der Waals surface area (Å²) in [5, 5.41) is 14.3. The van der Waals surface area contributed by atoms with Gasteiger partial charge in [0.15, 0.2) is 0 Å². The van der Waals surface area contributed by atoms with Crippen LogP contribution in [-0.2, 0) is 13.5 Å². The van der Waals surface area contributed by atoms with Crippen LogP contribution < -0.4 is 4.90 Å². The number of carbonyl (C=O) groups is 1. The van der Waals surface area contributed by atoms with Gasteiger partial charge in [0.1, 0.15) is 0 Å². The maximum Gasteiger partial charge on any atom is 0.258 e. The summed E-state index contributed by atoms with van der Waals surface area (Å²) in [7, 11) is 1.84. The summed E-state index contributed by atoms with van der Waals surface area (Å²) in [6, 6.07) is 0.223. The van der Waals surface area contributed by atoms with E-state index in [0.717, 1.165) is 55.6 Å². The number of fused-ring (bicyclic) bond motifs is 4. The van der Waals surface area contributed by atoms with E-state index in [1.807, 2.05) is 31.3 Å². The molecule has 1 amide bonds. The third kappa shape index (κ3) is 2.78. The quantitative estimate of drug-likeness (QED) is 0.844. The maximum absolute atomic E-state index is 13.3. The molecule has 3 aliphatic heterocycles. The summed E-state index contributed by atoms with van der Waals surface area (Å²) in [6.07, 6.45) is 7.92. The molecular formula is C20H26N6O2. The van der Waals surface area contributed by atoms with Crippen molar-refractivity contribution in [1.82, 2.24) is 24.6 Å². The fourth-order valence-corrected chi connectivity index (χ4v) is 5.01. The molecule has 0 radical (unpaired) electrons. The van der Waals surface area contributed by atoms with Gasteiger partial charge in [-0.1, -0.05) is 0 Å². The number of hydrogen-bond donors (Lipinski definition) is 1. The number of aromatic nitrogens is 4. The molecule has 28 heavy (non-hydrogen) atoms. The van der Waals surface area contributed by atoms with Crippen molar-refractivity contribution in [1.29, 1.82) is 0 Å². The molecule has 0 unspecified atom stereocenters. The largest absolute Gasteiger partial charge is 0.391 e. The first-order valence-electron chi connectivity index (χ1n) is 10.1. The van der Waals surface area contributed by atoms with Crippen LogP contribution in [0.3, 0.4) is 0 Å². The number of anilines is 1. The van der Waals surface area contributed by atoms with E-state index in [0.29, 0.717) is 18.1 Å². The number of aryl methyl sites for hydroxylation is 2. The third-order valence-electron chi connectivity index (χ3n) is 6.34. The van der Waals surface area contributed by atoms with E-state index < -0.39 is 0 Å². The standard InChI is InChI=1S/C20H26N6O2/c1-12-16(11-24(2)23-12)19(28)26-13-5-6-18(26)15-9-21-20(22-17(15)8-13)25-7-3-4-14(27)10-25/h9,11,13-14,18,27H,3-8,10H2,1-2H3/t13-,14+,18-/m0/s1. The smallest absolute Gasteiger partial charge is 0.258 e. The van der Waals surface area contributed by atoms with Gasteiger partial charge in [-0.3, -0.25) is 9.48 Å². The van der Waals surface area contributed by atoms with Gasteiger partial charge in [0.25, 0.3) is 5.91 Å². The predicted molar refractivity (Wildman–Crippen MR) is 103 cm³/mol. The normalized spacial score (nSPS) is 26.5. The first-order chi connectivity index (χ1) is 13.5. The lowest BCUT2D eigenvalue weighted by Gasteiger charge is -2.36. The van der Waals surface area contributed by atoms with Crippen LogP contribution in [0.4, 0.5) is 5.95 Å². The molecule has 2 fully saturated rings. The molecule has 1 N–H and O–H groups in total. The first-order valence-corrected chi connectivity index (χ1v) is 10.1. The Kier molecular flexibility index (Phi) is 4.12. The number of piperidine rings is 1. The lowest BCUT2D eigenvalue weighted by molar-refractivity contribution is 0.0643. The van der Waals surface area contributed by atoms with Crippen molar-refractivity contribution in [2.45, 2.75) is 57.2 Å². The highest BCUT2D eigenvalue weighted by molar-refractivity contribution is 5.96. The van der Waals surface area contributed by atoms with Gasteiger partial charge in [-0.15, -0.1) is 0 Å². The number of carbonyl (C=O) groups excluding carboxylic acids is 1. The summed E-state index contributed by atoms with van der Waals surface area (Å²) in [6.45, 7) is 3.36. The zero-order valence-corrected chi connectivity index (χ0v) is 16.4. The van der Waals surface area contributed by atoms with Gasteiger partial charge >= 0.3 is 0 Å². The highest BCUT2D eigenvalue weighted by Gasteiger charge is 2.44. The van der Waals surface area contributed by atoms with Gasteiger partial charge < -0.3 is 14.9 Å². The highest BCUT2D eigenvalue weighted by Crippen LogP contribution is 2.44. The van der Waals surface area contributed by atoms with Crippen molar-refractivity contribution in [3.05, 3.63) is 34.9 Å². The molecule has 0 saturated carbocycles. The summed E-state index contributed by atoms with van der Waals surface area (Å²) in [5.74, 6) is 0.770. The van der Waals surface area contributed by atoms with E-state index >= 15 is 0 Å². The van der Waals surface area contributed by atoms with Crippen molar-refractivity contribution in [2.75, 3.05) is 18.0 Å². The molecular weight excluding hydrogens is 356 g/mol. The fraction of sp³-hybridized carbons (Fsp3) is 0.600. The first kappa shape index (κ1) is 17.6. The third-order valence-corrected chi connectivity index (χ3v) is 6.34. The SMILES string of the molecule is Cc1nn(C)cc1C(=O)N1[C@H]2CC[C@H]1c1cnc(N3CCC[C@@H](O)C3)nc1C2. The molecule has 2 bridgehead atoms. The number of hydrogen-bond acceptors (Lipinski definition) is 6. The topological polar surface area (TPSA) is 87.4 Å². The molecule has 2 aromatic heterocycles. The van der Waals surface area contributed by atoms with E-state index in [1.54, 1.807) is 4.68 Å². The Hall–Kier alpha value is -2.48. The van der Waals surface area contributed by atoms with Crippen molar-refractivity contribution in [3.63, 3.8) is 0 Å². The Morgan fingerprint density at radius 3 is 2.89 bits per heavy atom. The van der Waals surface area contributed by atoms with Crippen LogP contribution in [-0.4, -0.2) is 60.9 Å². The maximum atomic E-state index is 13.3. The average Bonchev–Trinajstić information content (AvgIpc) is 3.18. The van der Waals surface area contributed by atoms with Gasteiger partial charge in [-0.25, -0.2) is 9.97 Å². The molecule has 5 rings (SSSR count). The Morgan fingerprint density at radius 2 is 2.14 bits per heavy atom. The van der Waals surface area contributed by atoms with Crippen LogP contribution in [0.25, 0.3) is 0 Å². The summed E-state index contributed by atoms with van der Waals surface area (Å²) >= 11 is 0. The minimum absolute atomic E-state index is 0.0434. The molecule has 8 heteroatoms. The Balaban J connectivity index is 1.44. The predicted octanol–water partition coefficient (Wildman–Crippen LogP) is 1.38. The average molecular weight is 382 g/mol.